The third-order valence-electron chi connectivity index (χ3n) is 6.77. The zero-order valence-electron chi connectivity index (χ0n) is 20.5. The lowest BCUT2D eigenvalue weighted by molar-refractivity contribution is 0.535. The molecule has 5 aromatic carbocycles. The second-order valence-corrected chi connectivity index (χ2v) is 10.1. The van der Waals surface area contributed by atoms with Gasteiger partial charge in [0.15, 0.2) is 11.4 Å². The predicted octanol–water partition coefficient (Wildman–Crippen LogP) is 8.67. The molecule has 1 heterocycles. The molecule has 3 nitrogen and oxygen atoms in total. The quantitative estimate of drug-likeness (QED) is 0.221. The number of halogens is 1. The lowest BCUT2D eigenvalue weighted by Crippen LogP contribution is -2.77. The molecule has 6 rings (SSSR count). The number of benzene rings is 5. The van der Waals surface area contributed by atoms with Crippen molar-refractivity contribution in [3.05, 3.63) is 161 Å². The van der Waals surface area contributed by atoms with Crippen LogP contribution in [0.15, 0.2) is 149 Å². The molecule has 0 spiro atoms. The molecule has 0 aliphatic carbocycles. The van der Waals surface area contributed by atoms with E-state index in [2.05, 4.69) is 172 Å². The Labute approximate surface area is 226 Å². The van der Waals surface area contributed by atoms with Crippen molar-refractivity contribution in [3.8, 4) is 0 Å². The summed E-state index contributed by atoms with van der Waals surface area (Å²) >= 11 is 3.60. The van der Waals surface area contributed by atoms with Gasteiger partial charge in [-0.2, -0.15) is 0 Å². The second kappa shape index (κ2) is 9.72. The minimum absolute atomic E-state index is 0.637. The van der Waals surface area contributed by atoms with Gasteiger partial charge in [0.05, 0.1) is 17.1 Å². The summed E-state index contributed by atoms with van der Waals surface area (Å²) in [6.07, 6.45) is 0. The standard InChI is InChI=1S/C33H26BrN3/c1-25-17-21-29(22-18-25)35-32-33(26-11-5-2-6-12-26,27-13-7-3-8-14-27)37(31-15-9-4-10-16-31)36(32)30-23-19-28(34)20-24-30/h2-24H,1H3. The highest BCUT2D eigenvalue weighted by Gasteiger charge is 2.60. The maximum atomic E-state index is 5.36. The van der Waals surface area contributed by atoms with Gasteiger partial charge in [-0.15, -0.1) is 0 Å². The Kier molecular flexibility index (Phi) is 6.11. The molecule has 4 heteroatoms. The topological polar surface area (TPSA) is 18.8 Å². The normalized spacial score (nSPS) is 15.5. The highest BCUT2D eigenvalue weighted by Crippen LogP contribution is 2.52. The zero-order chi connectivity index (χ0) is 25.2. The van der Waals surface area contributed by atoms with Gasteiger partial charge in [-0.05, 0) is 66.6 Å². The minimum atomic E-state index is -0.637. The first-order chi connectivity index (χ1) is 18.2. The first-order valence-electron chi connectivity index (χ1n) is 12.4. The summed E-state index contributed by atoms with van der Waals surface area (Å²) in [6, 6.07) is 48.7. The molecule has 0 radical (unpaired) electrons. The molecule has 0 atom stereocenters. The maximum Gasteiger partial charge on any atom is 0.171 e. The molecule has 180 valence electrons. The molecule has 0 N–H and O–H groups in total. The van der Waals surface area contributed by atoms with Crippen LogP contribution in [-0.2, 0) is 5.54 Å². The maximum absolute atomic E-state index is 5.36. The van der Waals surface area contributed by atoms with Crippen LogP contribution in [0.3, 0.4) is 0 Å². The van der Waals surface area contributed by atoms with Crippen molar-refractivity contribution in [2.75, 3.05) is 10.0 Å². The average Bonchev–Trinajstić information content (AvgIpc) is 2.95. The summed E-state index contributed by atoms with van der Waals surface area (Å²) in [7, 11) is 0. The third-order valence-corrected chi connectivity index (χ3v) is 7.29. The third kappa shape index (κ3) is 4.04. The Morgan fingerprint density at radius 1 is 0.568 bits per heavy atom. The van der Waals surface area contributed by atoms with Crippen LogP contribution in [0.1, 0.15) is 16.7 Å². The molecule has 1 saturated heterocycles. The van der Waals surface area contributed by atoms with E-state index in [4.69, 9.17) is 4.99 Å². The first kappa shape index (κ1) is 23.3. The van der Waals surface area contributed by atoms with Gasteiger partial charge in [0.2, 0.25) is 0 Å². The van der Waals surface area contributed by atoms with Gasteiger partial charge in [-0.3, -0.25) is 5.01 Å². The van der Waals surface area contributed by atoms with Crippen molar-refractivity contribution < 1.29 is 0 Å². The number of hydrazine groups is 1. The summed E-state index contributed by atoms with van der Waals surface area (Å²) in [5, 5.41) is 4.61. The molecule has 0 amide bonds. The van der Waals surface area contributed by atoms with Crippen LogP contribution < -0.4 is 10.0 Å². The Bertz CT molecular complexity index is 1470. The zero-order valence-corrected chi connectivity index (χ0v) is 22.1. The largest absolute Gasteiger partial charge is 0.257 e. The molecule has 37 heavy (non-hydrogen) atoms. The van der Waals surface area contributed by atoms with E-state index in [9.17, 15) is 0 Å². The number of aliphatic imine (C=N–C) groups is 1. The number of aryl methyl sites for hydroxylation is 1. The fraction of sp³-hybridized carbons (Fsp3) is 0.0606. The van der Waals surface area contributed by atoms with Crippen LogP contribution in [0.2, 0.25) is 0 Å². The monoisotopic (exact) mass is 543 g/mol. The van der Waals surface area contributed by atoms with Gasteiger partial charge in [-0.25, -0.2) is 10.0 Å². The molecule has 1 aliphatic rings. The van der Waals surface area contributed by atoms with Crippen LogP contribution in [0.25, 0.3) is 0 Å². The van der Waals surface area contributed by atoms with E-state index in [1.165, 1.54) is 5.56 Å². The van der Waals surface area contributed by atoms with Crippen molar-refractivity contribution in [1.82, 2.24) is 0 Å². The highest BCUT2D eigenvalue weighted by molar-refractivity contribution is 9.10. The molecule has 0 unspecified atom stereocenters. The lowest BCUT2D eigenvalue weighted by Gasteiger charge is -2.62. The van der Waals surface area contributed by atoms with E-state index in [1.807, 2.05) is 0 Å². The van der Waals surface area contributed by atoms with Crippen LogP contribution >= 0.6 is 15.9 Å². The van der Waals surface area contributed by atoms with Gasteiger partial charge in [0.1, 0.15) is 0 Å². The summed E-state index contributed by atoms with van der Waals surface area (Å²) in [5.74, 6) is 0.944. The number of hydrogen-bond donors (Lipinski definition) is 0. The molecule has 0 aromatic heterocycles. The van der Waals surface area contributed by atoms with Gasteiger partial charge >= 0.3 is 0 Å². The van der Waals surface area contributed by atoms with E-state index >= 15 is 0 Å². The van der Waals surface area contributed by atoms with Gasteiger partial charge in [-0.1, -0.05) is 112 Å². The Hall–Kier alpha value is -4.15. The summed E-state index contributed by atoms with van der Waals surface area (Å²) in [5.41, 5.74) is 5.94. The molecule has 1 fully saturated rings. The van der Waals surface area contributed by atoms with Crippen LogP contribution in [0, 0.1) is 6.92 Å². The van der Waals surface area contributed by atoms with Gasteiger partial charge < -0.3 is 0 Å². The van der Waals surface area contributed by atoms with Crippen molar-refractivity contribution in [1.29, 1.82) is 0 Å². The van der Waals surface area contributed by atoms with E-state index in [0.717, 1.165) is 38.5 Å². The number of hydrogen-bond acceptors (Lipinski definition) is 2. The van der Waals surface area contributed by atoms with E-state index in [1.54, 1.807) is 0 Å². The molecular weight excluding hydrogens is 518 g/mol. The van der Waals surface area contributed by atoms with Gasteiger partial charge in [0.25, 0.3) is 0 Å². The smallest absolute Gasteiger partial charge is 0.171 e. The molecule has 0 saturated carbocycles. The SMILES string of the molecule is Cc1ccc(N=C2N(c3ccc(Br)cc3)N(c3ccccc3)C2(c2ccccc2)c2ccccc2)cc1. The van der Waals surface area contributed by atoms with E-state index in [0.29, 0.717) is 0 Å². The molecule has 1 aliphatic heterocycles. The number of rotatable bonds is 5. The number of nitrogens with zero attached hydrogens (tertiary/aromatic N) is 3. The van der Waals surface area contributed by atoms with Crippen LogP contribution in [-0.4, -0.2) is 5.84 Å². The van der Waals surface area contributed by atoms with Crippen LogP contribution in [0.5, 0.6) is 0 Å². The molecular formula is C33H26BrN3. The van der Waals surface area contributed by atoms with Crippen molar-refractivity contribution in [2.24, 2.45) is 4.99 Å². The Morgan fingerprint density at radius 3 is 1.62 bits per heavy atom. The second-order valence-electron chi connectivity index (χ2n) is 9.15. The Balaban J connectivity index is 1.69. The number of anilines is 2. The summed E-state index contributed by atoms with van der Waals surface area (Å²) in [6.45, 7) is 2.10. The average molecular weight is 544 g/mol. The fourth-order valence-corrected chi connectivity index (χ4v) is 5.31. The lowest BCUT2D eigenvalue weighted by atomic mass is 9.76. The molecule has 5 aromatic rings. The fourth-order valence-electron chi connectivity index (χ4n) is 5.04. The van der Waals surface area contributed by atoms with E-state index in [-0.39, 0.29) is 0 Å². The summed E-state index contributed by atoms with van der Waals surface area (Å²) in [4.78, 5) is 5.36. The summed E-state index contributed by atoms with van der Waals surface area (Å²) < 4.78 is 1.04. The molecule has 0 bridgehead atoms. The number of para-hydroxylation sites is 1. The van der Waals surface area contributed by atoms with Crippen molar-refractivity contribution >= 4 is 38.8 Å². The Morgan fingerprint density at radius 2 is 1.08 bits per heavy atom. The van der Waals surface area contributed by atoms with Crippen molar-refractivity contribution in [2.45, 2.75) is 12.5 Å². The van der Waals surface area contributed by atoms with Crippen molar-refractivity contribution in [3.63, 3.8) is 0 Å². The number of amidine groups is 1. The van der Waals surface area contributed by atoms with Gasteiger partial charge in [0, 0.05) is 4.47 Å². The highest BCUT2D eigenvalue weighted by atomic mass is 79.9. The first-order valence-corrected chi connectivity index (χ1v) is 13.1. The van der Waals surface area contributed by atoms with E-state index < -0.39 is 5.54 Å². The minimum Gasteiger partial charge on any atom is -0.257 e. The van der Waals surface area contributed by atoms with Crippen LogP contribution in [0.4, 0.5) is 17.1 Å². The predicted molar refractivity (Wildman–Crippen MR) is 157 cm³/mol.